The summed E-state index contributed by atoms with van der Waals surface area (Å²) in [7, 11) is 0. The van der Waals surface area contributed by atoms with Crippen LogP contribution in [0.1, 0.15) is 64.2 Å². The van der Waals surface area contributed by atoms with Gasteiger partial charge in [-0.25, -0.2) is 4.98 Å². The van der Waals surface area contributed by atoms with Gasteiger partial charge >= 0.3 is 0 Å². The highest BCUT2D eigenvalue weighted by Crippen LogP contribution is 2.61. The molecule has 0 spiro atoms. The number of nitrogens with one attached hydrogen (secondary N) is 3. The maximum Gasteiger partial charge on any atom is 0.224 e. The van der Waals surface area contributed by atoms with Crippen LogP contribution in [0, 0.1) is 23.2 Å². The zero-order valence-electron chi connectivity index (χ0n) is 21.4. The molecule has 4 fully saturated rings. The lowest BCUT2D eigenvalue weighted by Gasteiger charge is -2.56. The quantitative estimate of drug-likeness (QED) is 0.365. The summed E-state index contributed by atoms with van der Waals surface area (Å²) in [5, 5.41) is 11.2. The Morgan fingerprint density at radius 3 is 2.58 bits per heavy atom. The number of rotatable bonds is 10. The third kappa shape index (κ3) is 5.39. The van der Waals surface area contributed by atoms with Crippen LogP contribution in [0.5, 0.6) is 0 Å². The van der Waals surface area contributed by atoms with Crippen LogP contribution >= 0.6 is 0 Å². The minimum Gasteiger partial charge on any atom is -0.501 e. The summed E-state index contributed by atoms with van der Waals surface area (Å²) in [5.41, 5.74) is 3.40. The van der Waals surface area contributed by atoms with E-state index >= 15 is 0 Å². The Morgan fingerprint density at radius 2 is 1.83 bits per heavy atom. The maximum atomic E-state index is 13.2. The number of nitrogens with zero attached hydrogens (tertiary/aromatic N) is 1. The summed E-state index contributed by atoms with van der Waals surface area (Å²) in [6.45, 7) is 3.58. The number of fused-ring (bicyclic) bond motifs is 1. The molecule has 192 valence electrons. The molecule has 6 heteroatoms. The molecule has 4 aliphatic carbocycles. The number of anilines is 2. The molecule has 0 unspecified atom stereocenters. The van der Waals surface area contributed by atoms with Crippen molar-refractivity contribution in [2.24, 2.45) is 23.2 Å². The van der Waals surface area contributed by atoms with Gasteiger partial charge < -0.3 is 20.7 Å². The topological polar surface area (TPSA) is 75.3 Å². The molecule has 36 heavy (non-hydrogen) atoms. The van der Waals surface area contributed by atoms with Crippen LogP contribution in [0.25, 0.3) is 10.9 Å². The molecule has 4 bridgehead atoms. The summed E-state index contributed by atoms with van der Waals surface area (Å²) >= 11 is 0. The van der Waals surface area contributed by atoms with Gasteiger partial charge in [0.1, 0.15) is 5.82 Å². The second-order valence-electron chi connectivity index (χ2n) is 11.9. The van der Waals surface area contributed by atoms with Gasteiger partial charge in [0.05, 0.1) is 24.1 Å². The van der Waals surface area contributed by atoms with Crippen LogP contribution in [-0.4, -0.2) is 37.1 Å². The van der Waals surface area contributed by atoms with Gasteiger partial charge in [0, 0.05) is 24.9 Å². The molecule has 1 aromatic carbocycles. The summed E-state index contributed by atoms with van der Waals surface area (Å²) in [6, 6.07) is 10.1. The molecule has 5 aliphatic rings. The van der Waals surface area contributed by atoms with Crippen molar-refractivity contribution in [3.63, 3.8) is 0 Å². The van der Waals surface area contributed by atoms with Crippen molar-refractivity contribution in [3.05, 3.63) is 42.2 Å². The number of carbonyl (C=O) groups excluding carboxylic acids is 1. The van der Waals surface area contributed by atoms with Crippen LogP contribution in [0.4, 0.5) is 11.5 Å². The molecule has 2 aromatic rings. The van der Waals surface area contributed by atoms with Crippen molar-refractivity contribution in [2.75, 3.05) is 36.9 Å². The molecule has 1 aromatic heterocycles. The first-order chi connectivity index (χ1) is 17.6. The number of pyridine rings is 1. The van der Waals surface area contributed by atoms with E-state index < -0.39 is 0 Å². The van der Waals surface area contributed by atoms with Gasteiger partial charge in [0.25, 0.3) is 0 Å². The van der Waals surface area contributed by atoms with E-state index in [1.54, 1.807) is 0 Å². The Kier molecular flexibility index (Phi) is 6.87. The number of carbonyl (C=O) groups is 1. The first kappa shape index (κ1) is 23.8. The number of benzene rings is 1. The van der Waals surface area contributed by atoms with Crippen LogP contribution in [0.2, 0.25) is 0 Å². The standard InChI is InChI=1S/C30H40N4O2/c35-29(18-30-15-22-12-23(16-30)14-24(13-22)17-30)34-27-6-1-5-26-25(27)7-8-28(33-26)32-10-3-9-31-19-21-4-2-11-36-20-21/h1,5-8,20,22-24,31H,2-4,9-19H2,(H,32,33)(H,34,35). The molecule has 7 rings (SSSR count). The fraction of sp³-hybridized carbons (Fsp3) is 0.600. The lowest BCUT2D eigenvalue weighted by Crippen LogP contribution is -2.47. The summed E-state index contributed by atoms with van der Waals surface area (Å²) in [4.78, 5) is 18.0. The molecule has 4 saturated carbocycles. The van der Waals surface area contributed by atoms with Gasteiger partial charge in [-0.15, -0.1) is 0 Å². The van der Waals surface area contributed by atoms with Gasteiger partial charge in [-0.05, 0) is 117 Å². The summed E-state index contributed by atoms with van der Waals surface area (Å²) in [5.74, 6) is 3.67. The molecular formula is C30H40N4O2. The zero-order chi connectivity index (χ0) is 24.4. The fourth-order valence-electron chi connectivity index (χ4n) is 7.83. The molecular weight excluding hydrogens is 448 g/mol. The second-order valence-corrected chi connectivity index (χ2v) is 11.9. The molecule has 2 heterocycles. The third-order valence-electron chi connectivity index (χ3n) is 8.91. The Bertz CT molecular complexity index is 1090. The third-order valence-corrected chi connectivity index (χ3v) is 8.91. The van der Waals surface area contributed by atoms with Crippen molar-refractivity contribution < 1.29 is 9.53 Å². The molecule has 1 aliphatic heterocycles. The van der Waals surface area contributed by atoms with E-state index in [9.17, 15) is 4.79 Å². The molecule has 0 radical (unpaired) electrons. The SMILES string of the molecule is O=C(CC12CC3CC(CC(C3)C1)C2)Nc1cccc2nc(NCCCNCC3=COCCC3)ccc12. The van der Waals surface area contributed by atoms with Crippen LogP contribution in [0.15, 0.2) is 42.2 Å². The van der Waals surface area contributed by atoms with Gasteiger partial charge in [-0.3, -0.25) is 4.79 Å². The van der Waals surface area contributed by atoms with Crippen molar-refractivity contribution in [1.29, 1.82) is 0 Å². The van der Waals surface area contributed by atoms with E-state index in [1.807, 2.05) is 30.5 Å². The van der Waals surface area contributed by atoms with Crippen LogP contribution in [0.3, 0.4) is 0 Å². The van der Waals surface area contributed by atoms with Gasteiger partial charge in [-0.1, -0.05) is 6.07 Å². The van der Waals surface area contributed by atoms with E-state index in [4.69, 9.17) is 9.72 Å². The number of hydrogen-bond donors (Lipinski definition) is 3. The van der Waals surface area contributed by atoms with E-state index in [2.05, 4.69) is 22.0 Å². The number of hydrogen-bond acceptors (Lipinski definition) is 5. The van der Waals surface area contributed by atoms with Crippen molar-refractivity contribution in [1.82, 2.24) is 10.3 Å². The average molecular weight is 489 g/mol. The van der Waals surface area contributed by atoms with Crippen molar-refractivity contribution >= 4 is 28.3 Å². The Balaban J connectivity index is 1.01. The second kappa shape index (κ2) is 10.4. The highest BCUT2D eigenvalue weighted by atomic mass is 16.5. The van der Waals surface area contributed by atoms with Gasteiger partial charge in [-0.2, -0.15) is 0 Å². The normalized spacial score (nSPS) is 28.6. The summed E-state index contributed by atoms with van der Waals surface area (Å²) in [6.07, 6.45) is 13.9. The minimum absolute atomic E-state index is 0.176. The smallest absolute Gasteiger partial charge is 0.224 e. The Morgan fingerprint density at radius 1 is 1.03 bits per heavy atom. The highest BCUT2D eigenvalue weighted by Gasteiger charge is 2.51. The van der Waals surface area contributed by atoms with Crippen molar-refractivity contribution in [3.8, 4) is 0 Å². The minimum atomic E-state index is 0.176. The number of ether oxygens (including phenoxy) is 1. The molecule has 6 nitrogen and oxygen atoms in total. The van der Waals surface area contributed by atoms with Crippen molar-refractivity contribution in [2.45, 2.75) is 64.2 Å². The van der Waals surface area contributed by atoms with Crippen LogP contribution < -0.4 is 16.0 Å². The largest absolute Gasteiger partial charge is 0.501 e. The lowest BCUT2D eigenvalue weighted by molar-refractivity contribution is -0.124. The first-order valence-electron chi connectivity index (χ1n) is 14.1. The lowest BCUT2D eigenvalue weighted by atomic mass is 9.49. The monoisotopic (exact) mass is 488 g/mol. The fourth-order valence-corrected chi connectivity index (χ4v) is 7.83. The Hall–Kier alpha value is -2.60. The number of amides is 1. The average Bonchev–Trinajstić information content (AvgIpc) is 2.85. The molecule has 0 saturated heterocycles. The summed E-state index contributed by atoms with van der Waals surface area (Å²) < 4.78 is 5.39. The zero-order valence-corrected chi connectivity index (χ0v) is 21.4. The first-order valence-corrected chi connectivity index (χ1v) is 14.1. The maximum absolute atomic E-state index is 13.2. The molecule has 0 atom stereocenters. The van der Waals surface area contributed by atoms with E-state index in [0.717, 1.165) is 85.7 Å². The highest BCUT2D eigenvalue weighted by molar-refractivity contribution is 6.01. The molecule has 1 amide bonds. The van der Waals surface area contributed by atoms with Crippen LogP contribution in [-0.2, 0) is 9.53 Å². The van der Waals surface area contributed by atoms with E-state index in [0.29, 0.717) is 6.42 Å². The Labute approximate surface area is 214 Å². The van der Waals surface area contributed by atoms with Gasteiger partial charge in [0.15, 0.2) is 0 Å². The predicted octanol–water partition coefficient (Wildman–Crippen LogP) is 5.87. The number of aromatic nitrogens is 1. The molecule has 3 N–H and O–H groups in total. The predicted molar refractivity (Wildman–Crippen MR) is 145 cm³/mol. The van der Waals surface area contributed by atoms with E-state index in [-0.39, 0.29) is 11.3 Å². The van der Waals surface area contributed by atoms with Gasteiger partial charge in [0.2, 0.25) is 5.91 Å². The van der Waals surface area contributed by atoms with E-state index in [1.165, 1.54) is 44.1 Å².